The second-order valence-corrected chi connectivity index (χ2v) is 12.0. The van der Waals surface area contributed by atoms with Gasteiger partial charge in [-0.3, -0.25) is 0 Å². The molecule has 8 aromatic rings. The Morgan fingerprint density at radius 2 is 0.458 bits per heavy atom. The molecule has 1 nitrogen and oxygen atoms in total. The highest BCUT2D eigenvalue weighted by atomic mass is 14.7. The van der Waals surface area contributed by atoms with Gasteiger partial charge in [0.15, 0.2) is 0 Å². The minimum Gasteiger partial charge on any atom is -0.248 e. The minimum absolute atomic E-state index is 0.970. The van der Waals surface area contributed by atoms with Gasteiger partial charge in [0.05, 0.1) is 11.4 Å². The number of rotatable bonds is 7. The molecule has 0 aliphatic carbocycles. The van der Waals surface area contributed by atoms with Crippen LogP contribution in [0.25, 0.3) is 78.1 Å². The Morgan fingerprint density at radius 3 is 0.833 bits per heavy atom. The molecule has 0 aliphatic rings. The van der Waals surface area contributed by atoms with Crippen LogP contribution in [0.2, 0.25) is 0 Å². The summed E-state index contributed by atoms with van der Waals surface area (Å²) in [6, 6.07) is 71.1. The lowest BCUT2D eigenvalue weighted by atomic mass is 9.94. The van der Waals surface area contributed by atoms with Gasteiger partial charge in [0.25, 0.3) is 0 Å². The van der Waals surface area contributed by atoms with Gasteiger partial charge in [-0.15, -0.1) is 0 Å². The van der Waals surface area contributed by atoms with Crippen LogP contribution < -0.4 is 0 Å². The van der Waals surface area contributed by atoms with Gasteiger partial charge in [-0.1, -0.05) is 170 Å². The van der Waals surface area contributed by atoms with Crippen molar-refractivity contribution in [3.63, 3.8) is 0 Å². The van der Waals surface area contributed by atoms with E-state index in [0.29, 0.717) is 0 Å². The molecular formula is C47H33N. The van der Waals surface area contributed by atoms with E-state index in [9.17, 15) is 0 Å². The molecule has 226 valence electrons. The SMILES string of the molecule is c1ccc(-c2cccc(-c3cccc(-c4cccc(-c5ccc(-c6cc(-c7ccccc7)nc(-c7ccccc7)c6)cc5)c4)c3)c2)cc1. The van der Waals surface area contributed by atoms with Crippen molar-refractivity contribution in [1.82, 2.24) is 4.98 Å². The number of nitrogens with zero attached hydrogens (tertiary/aromatic N) is 1. The standard InChI is InChI=1S/C47H33N/c1-4-13-34(14-5-1)39-19-10-21-41(29-39)43-23-12-24-44(31-43)42-22-11-20-40(30-42)35-25-27-36(28-26-35)45-32-46(37-15-6-2-7-16-37)48-47(33-45)38-17-8-3-9-18-38/h1-33H. The second kappa shape index (κ2) is 13.2. The first kappa shape index (κ1) is 29.1. The largest absolute Gasteiger partial charge is 0.248 e. The van der Waals surface area contributed by atoms with Gasteiger partial charge in [0, 0.05) is 11.1 Å². The van der Waals surface area contributed by atoms with Crippen molar-refractivity contribution in [1.29, 1.82) is 0 Å². The van der Waals surface area contributed by atoms with Crippen molar-refractivity contribution in [2.24, 2.45) is 0 Å². The third kappa shape index (κ3) is 6.23. The van der Waals surface area contributed by atoms with Crippen LogP contribution in [0.4, 0.5) is 0 Å². The number of hydrogen-bond donors (Lipinski definition) is 0. The topological polar surface area (TPSA) is 12.9 Å². The minimum atomic E-state index is 0.970. The molecule has 0 atom stereocenters. The van der Waals surface area contributed by atoms with Gasteiger partial charge < -0.3 is 0 Å². The Morgan fingerprint density at radius 1 is 0.188 bits per heavy atom. The van der Waals surface area contributed by atoms with Gasteiger partial charge in [0.1, 0.15) is 0 Å². The average Bonchev–Trinajstić information content (AvgIpc) is 3.19. The molecule has 0 amide bonds. The quantitative estimate of drug-likeness (QED) is 0.175. The Balaban J connectivity index is 1.09. The summed E-state index contributed by atoms with van der Waals surface area (Å²) < 4.78 is 0. The maximum atomic E-state index is 5.05. The molecule has 7 aromatic carbocycles. The molecule has 0 bridgehead atoms. The van der Waals surface area contributed by atoms with Crippen LogP contribution >= 0.6 is 0 Å². The Labute approximate surface area is 282 Å². The summed E-state index contributed by atoms with van der Waals surface area (Å²) in [5.41, 5.74) is 16.1. The van der Waals surface area contributed by atoms with Crippen LogP contribution in [0, 0.1) is 0 Å². The molecule has 0 N–H and O–H groups in total. The van der Waals surface area contributed by atoms with Gasteiger partial charge in [0.2, 0.25) is 0 Å². The zero-order valence-electron chi connectivity index (χ0n) is 26.5. The maximum absolute atomic E-state index is 5.05. The Kier molecular flexibility index (Phi) is 8.01. The molecule has 0 radical (unpaired) electrons. The lowest BCUT2D eigenvalue weighted by Gasteiger charge is -2.12. The summed E-state index contributed by atoms with van der Waals surface area (Å²) in [4.78, 5) is 5.05. The van der Waals surface area contributed by atoms with Gasteiger partial charge in [-0.2, -0.15) is 0 Å². The van der Waals surface area contributed by atoms with E-state index in [0.717, 1.165) is 33.6 Å². The van der Waals surface area contributed by atoms with Crippen molar-refractivity contribution in [3.05, 3.63) is 200 Å². The Hall–Kier alpha value is -6.31. The summed E-state index contributed by atoms with van der Waals surface area (Å²) >= 11 is 0. The van der Waals surface area contributed by atoms with Crippen LogP contribution in [0.1, 0.15) is 0 Å². The van der Waals surface area contributed by atoms with Gasteiger partial charge in [-0.05, 0) is 86.0 Å². The molecule has 0 saturated carbocycles. The van der Waals surface area contributed by atoms with E-state index in [1.807, 2.05) is 12.1 Å². The predicted molar refractivity (Wildman–Crippen MR) is 202 cm³/mol. The summed E-state index contributed by atoms with van der Waals surface area (Å²) in [6.45, 7) is 0. The van der Waals surface area contributed by atoms with Crippen LogP contribution in [-0.4, -0.2) is 4.98 Å². The van der Waals surface area contributed by atoms with Crippen molar-refractivity contribution in [2.75, 3.05) is 0 Å². The van der Waals surface area contributed by atoms with E-state index in [1.165, 1.54) is 44.5 Å². The molecule has 0 spiro atoms. The number of aromatic nitrogens is 1. The summed E-state index contributed by atoms with van der Waals surface area (Å²) in [5.74, 6) is 0. The summed E-state index contributed by atoms with van der Waals surface area (Å²) in [5, 5.41) is 0. The van der Waals surface area contributed by atoms with E-state index < -0.39 is 0 Å². The van der Waals surface area contributed by atoms with Crippen LogP contribution in [0.15, 0.2) is 200 Å². The van der Waals surface area contributed by atoms with Crippen LogP contribution in [0.5, 0.6) is 0 Å². The van der Waals surface area contributed by atoms with E-state index in [2.05, 4.69) is 188 Å². The molecule has 1 heteroatoms. The normalized spacial score (nSPS) is 10.9. The third-order valence-electron chi connectivity index (χ3n) is 8.88. The maximum Gasteiger partial charge on any atom is 0.0715 e. The van der Waals surface area contributed by atoms with Crippen LogP contribution in [0.3, 0.4) is 0 Å². The number of pyridine rings is 1. The fraction of sp³-hybridized carbons (Fsp3) is 0. The molecule has 1 heterocycles. The first-order chi connectivity index (χ1) is 23.8. The zero-order valence-corrected chi connectivity index (χ0v) is 26.5. The van der Waals surface area contributed by atoms with E-state index in [-0.39, 0.29) is 0 Å². The second-order valence-electron chi connectivity index (χ2n) is 12.0. The fourth-order valence-corrected chi connectivity index (χ4v) is 6.33. The van der Waals surface area contributed by atoms with Crippen molar-refractivity contribution >= 4 is 0 Å². The molecule has 1 aromatic heterocycles. The smallest absolute Gasteiger partial charge is 0.0715 e. The predicted octanol–water partition coefficient (Wildman–Crippen LogP) is 12.8. The first-order valence-corrected chi connectivity index (χ1v) is 16.4. The summed E-state index contributed by atoms with van der Waals surface area (Å²) in [7, 11) is 0. The van der Waals surface area contributed by atoms with Crippen molar-refractivity contribution in [3.8, 4) is 78.1 Å². The first-order valence-electron chi connectivity index (χ1n) is 16.4. The van der Waals surface area contributed by atoms with E-state index in [4.69, 9.17) is 4.98 Å². The molecule has 8 rings (SSSR count). The van der Waals surface area contributed by atoms with Crippen molar-refractivity contribution < 1.29 is 0 Å². The lowest BCUT2D eigenvalue weighted by molar-refractivity contribution is 1.32. The molecule has 0 unspecified atom stereocenters. The number of benzene rings is 7. The highest BCUT2D eigenvalue weighted by molar-refractivity contribution is 5.81. The molecule has 0 aliphatic heterocycles. The highest BCUT2D eigenvalue weighted by Crippen LogP contribution is 2.34. The Bertz CT molecular complexity index is 2250. The lowest BCUT2D eigenvalue weighted by Crippen LogP contribution is -1.91. The monoisotopic (exact) mass is 611 g/mol. The van der Waals surface area contributed by atoms with Crippen LogP contribution in [-0.2, 0) is 0 Å². The van der Waals surface area contributed by atoms with Gasteiger partial charge in [-0.25, -0.2) is 4.98 Å². The fourth-order valence-electron chi connectivity index (χ4n) is 6.33. The van der Waals surface area contributed by atoms with E-state index >= 15 is 0 Å². The highest BCUT2D eigenvalue weighted by Gasteiger charge is 2.10. The van der Waals surface area contributed by atoms with E-state index in [1.54, 1.807) is 0 Å². The number of hydrogen-bond acceptors (Lipinski definition) is 1. The molecular weight excluding hydrogens is 579 g/mol. The summed E-state index contributed by atoms with van der Waals surface area (Å²) in [6.07, 6.45) is 0. The molecule has 0 saturated heterocycles. The van der Waals surface area contributed by atoms with Crippen molar-refractivity contribution in [2.45, 2.75) is 0 Å². The third-order valence-corrected chi connectivity index (χ3v) is 8.88. The molecule has 48 heavy (non-hydrogen) atoms. The van der Waals surface area contributed by atoms with Gasteiger partial charge >= 0.3 is 0 Å². The average molecular weight is 612 g/mol. The molecule has 0 fully saturated rings. The zero-order chi connectivity index (χ0) is 32.1.